The average Bonchev–Trinajstić information content (AvgIpc) is 2.28. The number of hydrogen-bond acceptors (Lipinski definition) is 2. The van der Waals surface area contributed by atoms with Gasteiger partial charge >= 0.3 is 0 Å². The van der Waals surface area contributed by atoms with Gasteiger partial charge in [0.1, 0.15) is 0 Å². The Labute approximate surface area is 117 Å². The van der Waals surface area contributed by atoms with Crippen molar-refractivity contribution >= 4 is 23.2 Å². The molecule has 0 amide bonds. The summed E-state index contributed by atoms with van der Waals surface area (Å²) < 4.78 is 0. The van der Waals surface area contributed by atoms with E-state index in [1.165, 1.54) is 5.56 Å². The number of halogens is 2. The summed E-state index contributed by atoms with van der Waals surface area (Å²) in [6, 6.07) is 7.47. The van der Waals surface area contributed by atoms with Crippen molar-refractivity contribution in [3.63, 3.8) is 0 Å². The predicted octanol–water partition coefficient (Wildman–Crippen LogP) is 4.05. The smallest absolute Gasteiger partial charge is 0.0803 e. The maximum atomic E-state index is 6.23. The van der Waals surface area contributed by atoms with E-state index >= 15 is 0 Å². The second kappa shape index (κ2) is 5.27. The maximum absolute atomic E-state index is 6.23. The van der Waals surface area contributed by atoms with E-state index in [1.807, 2.05) is 19.1 Å². The minimum absolute atomic E-state index is 0.338. The molecule has 0 fully saturated rings. The highest BCUT2D eigenvalue weighted by Gasteiger charge is 2.16. The molecule has 0 spiro atoms. The molecule has 0 bridgehead atoms. The van der Waals surface area contributed by atoms with Crippen LogP contribution in [0.5, 0.6) is 0 Å². The maximum Gasteiger partial charge on any atom is 0.0803 e. The van der Waals surface area contributed by atoms with Crippen molar-refractivity contribution in [1.82, 2.24) is 4.98 Å². The quantitative estimate of drug-likeness (QED) is 0.901. The molecule has 0 saturated carbocycles. The van der Waals surface area contributed by atoms with Gasteiger partial charge in [0.15, 0.2) is 0 Å². The highest BCUT2D eigenvalue weighted by atomic mass is 35.5. The van der Waals surface area contributed by atoms with E-state index in [2.05, 4.69) is 18.0 Å². The van der Waals surface area contributed by atoms with Crippen LogP contribution in [-0.4, -0.2) is 4.98 Å². The summed E-state index contributed by atoms with van der Waals surface area (Å²) in [5.74, 6) is 0. The summed E-state index contributed by atoms with van der Waals surface area (Å²) in [6.45, 7) is 4.09. The third-order valence-corrected chi connectivity index (χ3v) is 3.40. The first-order chi connectivity index (χ1) is 8.49. The fourth-order valence-electron chi connectivity index (χ4n) is 1.98. The van der Waals surface area contributed by atoms with Crippen LogP contribution in [0.2, 0.25) is 10.0 Å². The van der Waals surface area contributed by atoms with Gasteiger partial charge in [0.05, 0.1) is 21.8 Å². The van der Waals surface area contributed by atoms with Gasteiger partial charge in [-0.05, 0) is 31.0 Å². The van der Waals surface area contributed by atoms with Gasteiger partial charge in [-0.15, -0.1) is 0 Å². The highest BCUT2D eigenvalue weighted by molar-refractivity contribution is 6.34. The van der Waals surface area contributed by atoms with Crippen molar-refractivity contribution < 1.29 is 0 Å². The summed E-state index contributed by atoms with van der Waals surface area (Å²) >= 11 is 12.0. The van der Waals surface area contributed by atoms with Crippen molar-refractivity contribution in [2.45, 2.75) is 19.9 Å². The van der Waals surface area contributed by atoms with Crippen LogP contribution >= 0.6 is 23.2 Å². The zero-order valence-electron chi connectivity index (χ0n) is 10.2. The van der Waals surface area contributed by atoms with Crippen LogP contribution in [0.3, 0.4) is 0 Å². The molecule has 1 aromatic carbocycles. The Kier molecular flexibility index (Phi) is 3.91. The SMILES string of the molecule is Cc1ccc(C(N)c2ncc(Cl)cc2Cl)c(C)c1. The largest absolute Gasteiger partial charge is 0.319 e. The van der Waals surface area contributed by atoms with Crippen molar-refractivity contribution in [2.24, 2.45) is 5.73 Å². The molecule has 0 aliphatic heterocycles. The number of aryl methyl sites for hydroxylation is 2. The van der Waals surface area contributed by atoms with Gasteiger partial charge in [0.25, 0.3) is 0 Å². The lowest BCUT2D eigenvalue weighted by molar-refractivity contribution is 0.821. The molecule has 94 valence electrons. The zero-order valence-corrected chi connectivity index (χ0v) is 11.8. The fraction of sp³-hybridized carbons (Fsp3) is 0.214. The molecule has 0 aliphatic carbocycles. The first-order valence-electron chi connectivity index (χ1n) is 5.62. The molecule has 0 radical (unpaired) electrons. The van der Waals surface area contributed by atoms with Crippen LogP contribution in [0.25, 0.3) is 0 Å². The van der Waals surface area contributed by atoms with Crippen LogP contribution < -0.4 is 5.73 Å². The van der Waals surface area contributed by atoms with Gasteiger partial charge in [-0.3, -0.25) is 4.98 Å². The molecule has 1 atom stereocenters. The fourth-order valence-corrected chi connectivity index (χ4v) is 2.47. The summed E-state index contributed by atoms with van der Waals surface area (Å²) in [4.78, 5) is 4.23. The minimum atomic E-state index is -0.338. The topological polar surface area (TPSA) is 38.9 Å². The molecule has 4 heteroatoms. The minimum Gasteiger partial charge on any atom is -0.319 e. The third kappa shape index (κ3) is 2.66. The van der Waals surface area contributed by atoms with Crippen LogP contribution in [0.1, 0.15) is 28.4 Å². The lowest BCUT2D eigenvalue weighted by Gasteiger charge is -2.16. The molecule has 0 aliphatic rings. The number of benzene rings is 1. The number of rotatable bonds is 2. The molecule has 2 nitrogen and oxygen atoms in total. The van der Waals surface area contributed by atoms with Gasteiger partial charge in [0, 0.05) is 6.20 Å². The van der Waals surface area contributed by atoms with Crippen LogP contribution in [0, 0.1) is 13.8 Å². The van der Waals surface area contributed by atoms with Gasteiger partial charge in [-0.25, -0.2) is 0 Å². The van der Waals surface area contributed by atoms with E-state index in [0.29, 0.717) is 15.7 Å². The van der Waals surface area contributed by atoms with Gasteiger partial charge in [0.2, 0.25) is 0 Å². The van der Waals surface area contributed by atoms with Crippen LogP contribution in [0.4, 0.5) is 0 Å². The van der Waals surface area contributed by atoms with Crippen molar-refractivity contribution in [3.05, 3.63) is 62.9 Å². The Morgan fingerprint density at radius 2 is 1.89 bits per heavy atom. The van der Waals surface area contributed by atoms with E-state index in [4.69, 9.17) is 28.9 Å². The standard InChI is InChI=1S/C14H14Cl2N2/c1-8-3-4-11(9(2)5-8)13(17)14-12(16)6-10(15)7-18-14/h3-7,13H,17H2,1-2H3. The monoisotopic (exact) mass is 280 g/mol. The lowest BCUT2D eigenvalue weighted by atomic mass is 9.97. The summed E-state index contributed by atoms with van der Waals surface area (Å²) in [5, 5.41) is 1.01. The van der Waals surface area contributed by atoms with Crippen molar-refractivity contribution in [2.75, 3.05) is 0 Å². The summed E-state index contributed by atoms with van der Waals surface area (Å²) in [7, 11) is 0. The predicted molar refractivity (Wildman–Crippen MR) is 76.2 cm³/mol. The Hall–Kier alpha value is -1.09. The first kappa shape index (κ1) is 13.3. The third-order valence-electron chi connectivity index (χ3n) is 2.89. The molecule has 1 heterocycles. The van der Waals surface area contributed by atoms with Gasteiger partial charge in [-0.1, -0.05) is 47.0 Å². The number of nitrogens with two attached hydrogens (primary N) is 1. The molecule has 0 saturated heterocycles. The molecule has 1 unspecified atom stereocenters. The summed E-state index contributed by atoms with van der Waals surface area (Å²) in [5.41, 5.74) is 10.2. The number of hydrogen-bond donors (Lipinski definition) is 1. The number of pyridine rings is 1. The van der Waals surface area contributed by atoms with Crippen LogP contribution in [0.15, 0.2) is 30.5 Å². The Morgan fingerprint density at radius 1 is 1.17 bits per heavy atom. The normalized spacial score (nSPS) is 12.5. The molecular formula is C14H14Cl2N2. The van der Waals surface area contributed by atoms with Gasteiger partial charge in [-0.2, -0.15) is 0 Å². The zero-order chi connectivity index (χ0) is 13.3. The lowest BCUT2D eigenvalue weighted by Crippen LogP contribution is -2.15. The highest BCUT2D eigenvalue weighted by Crippen LogP contribution is 2.28. The molecular weight excluding hydrogens is 267 g/mol. The Bertz CT molecular complexity index is 531. The van der Waals surface area contributed by atoms with E-state index in [0.717, 1.165) is 11.1 Å². The Balaban J connectivity index is 2.44. The molecule has 2 aromatic rings. The molecule has 2 N–H and O–H groups in total. The number of nitrogens with zero attached hydrogens (tertiary/aromatic N) is 1. The van der Waals surface area contributed by atoms with Crippen molar-refractivity contribution in [1.29, 1.82) is 0 Å². The van der Waals surface area contributed by atoms with Gasteiger partial charge < -0.3 is 5.73 Å². The second-order valence-corrected chi connectivity index (χ2v) is 5.20. The van der Waals surface area contributed by atoms with E-state index < -0.39 is 0 Å². The van der Waals surface area contributed by atoms with Crippen LogP contribution in [-0.2, 0) is 0 Å². The second-order valence-electron chi connectivity index (χ2n) is 4.36. The molecule has 1 aromatic heterocycles. The first-order valence-corrected chi connectivity index (χ1v) is 6.38. The number of aromatic nitrogens is 1. The summed E-state index contributed by atoms with van der Waals surface area (Å²) in [6.07, 6.45) is 1.56. The molecule has 2 rings (SSSR count). The van der Waals surface area contributed by atoms with E-state index in [1.54, 1.807) is 12.3 Å². The van der Waals surface area contributed by atoms with E-state index in [9.17, 15) is 0 Å². The average molecular weight is 281 g/mol. The van der Waals surface area contributed by atoms with E-state index in [-0.39, 0.29) is 6.04 Å². The Morgan fingerprint density at radius 3 is 2.50 bits per heavy atom. The van der Waals surface area contributed by atoms with Crippen molar-refractivity contribution in [3.8, 4) is 0 Å². The molecule has 18 heavy (non-hydrogen) atoms.